The highest BCUT2D eigenvalue weighted by molar-refractivity contribution is 6.09. The predicted octanol–water partition coefficient (Wildman–Crippen LogP) is 4.66. The van der Waals surface area contributed by atoms with Gasteiger partial charge < -0.3 is 19.5 Å². The summed E-state index contributed by atoms with van der Waals surface area (Å²) in [6.45, 7) is 5.04. The van der Waals surface area contributed by atoms with Crippen molar-refractivity contribution >= 4 is 33.3 Å². The maximum atomic E-state index is 5.72. The van der Waals surface area contributed by atoms with Gasteiger partial charge >= 0.3 is 0 Å². The zero-order valence-corrected chi connectivity index (χ0v) is 16.1. The van der Waals surface area contributed by atoms with Gasteiger partial charge in [0.1, 0.15) is 11.3 Å². The molecule has 2 aromatic heterocycles. The molecule has 7 nitrogen and oxygen atoms in total. The molecular weight excluding hydrogens is 356 g/mol. The first kappa shape index (κ1) is 17.9. The van der Waals surface area contributed by atoms with Gasteiger partial charge in [0.2, 0.25) is 0 Å². The summed E-state index contributed by atoms with van der Waals surface area (Å²) in [4.78, 5) is 4.77. The van der Waals surface area contributed by atoms with Crippen molar-refractivity contribution in [2.24, 2.45) is 0 Å². The highest BCUT2D eigenvalue weighted by Gasteiger charge is 2.13. The standard InChI is InChI=1S/C21H22N4O3/c1-4-27-18-9-6-13(10-19(18)28-5-2)23-21-20-16(12-22-25-20)15-11-14(26-3)7-8-17(15)24-21/h6-12H,4-5H2,1-3H3,(H,22,25)(H,23,24). The van der Waals surface area contributed by atoms with Crippen molar-refractivity contribution in [2.45, 2.75) is 13.8 Å². The SMILES string of the molecule is CCOc1ccc(Nc2nc3ccc(OC)cc3c3cn[nH]c23)cc1OCC. The van der Waals surface area contributed by atoms with E-state index in [4.69, 9.17) is 19.2 Å². The molecule has 28 heavy (non-hydrogen) atoms. The summed E-state index contributed by atoms with van der Waals surface area (Å²) in [5, 5.41) is 12.6. The topological polar surface area (TPSA) is 81.3 Å². The molecule has 0 aliphatic carbocycles. The summed E-state index contributed by atoms with van der Waals surface area (Å²) in [6.07, 6.45) is 1.80. The fraction of sp³-hybridized carbons (Fsp3) is 0.238. The van der Waals surface area contributed by atoms with E-state index in [0.717, 1.165) is 39.0 Å². The fourth-order valence-electron chi connectivity index (χ4n) is 3.16. The van der Waals surface area contributed by atoms with Crippen LogP contribution in [-0.4, -0.2) is 35.5 Å². The molecule has 2 N–H and O–H groups in total. The molecule has 0 fully saturated rings. The third-order valence-electron chi connectivity index (χ3n) is 4.41. The summed E-state index contributed by atoms with van der Waals surface area (Å²) in [7, 11) is 1.65. The Kier molecular flexibility index (Phi) is 4.89. The van der Waals surface area contributed by atoms with Gasteiger partial charge in [-0.2, -0.15) is 5.10 Å². The largest absolute Gasteiger partial charge is 0.497 e. The van der Waals surface area contributed by atoms with Crippen LogP contribution in [0.15, 0.2) is 42.6 Å². The second-order valence-corrected chi connectivity index (χ2v) is 6.15. The van der Waals surface area contributed by atoms with E-state index in [-0.39, 0.29) is 0 Å². The van der Waals surface area contributed by atoms with Gasteiger partial charge in [-0.3, -0.25) is 5.10 Å². The van der Waals surface area contributed by atoms with Crippen LogP contribution in [0.5, 0.6) is 17.2 Å². The molecule has 0 bridgehead atoms. The molecule has 0 unspecified atom stereocenters. The van der Waals surface area contributed by atoms with Crippen LogP contribution in [0.25, 0.3) is 21.8 Å². The van der Waals surface area contributed by atoms with Crippen LogP contribution in [0.1, 0.15) is 13.8 Å². The molecule has 0 aliphatic heterocycles. The number of ether oxygens (including phenoxy) is 3. The monoisotopic (exact) mass is 378 g/mol. The lowest BCUT2D eigenvalue weighted by molar-refractivity contribution is 0.288. The number of H-pyrrole nitrogens is 1. The average Bonchev–Trinajstić information content (AvgIpc) is 3.21. The lowest BCUT2D eigenvalue weighted by Gasteiger charge is -2.14. The number of nitrogens with zero attached hydrogens (tertiary/aromatic N) is 2. The van der Waals surface area contributed by atoms with Gasteiger partial charge in [0.05, 0.1) is 32.0 Å². The molecule has 2 heterocycles. The zero-order chi connectivity index (χ0) is 19.5. The highest BCUT2D eigenvalue weighted by atomic mass is 16.5. The highest BCUT2D eigenvalue weighted by Crippen LogP contribution is 2.34. The maximum Gasteiger partial charge on any atom is 0.163 e. The first-order chi connectivity index (χ1) is 13.7. The Balaban J connectivity index is 1.77. The number of aromatic amines is 1. The number of fused-ring (bicyclic) bond motifs is 3. The van der Waals surface area contributed by atoms with Crippen LogP contribution >= 0.6 is 0 Å². The minimum Gasteiger partial charge on any atom is -0.497 e. The first-order valence-electron chi connectivity index (χ1n) is 9.21. The third-order valence-corrected chi connectivity index (χ3v) is 4.41. The molecule has 0 aliphatic rings. The van der Waals surface area contributed by atoms with E-state index in [9.17, 15) is 0 Å². The van der Waals surface area contributed by atoms with Gasteiger partial charge in [-0.15, -0.1) is 0 Å². The molecule has 2 aromatic carbocycles. The molecular formula is C21H22N4O3. The number of hydrogen-bond donors (Lipinski definition) is 2. The smallest absolute Gasteiger partial charge is 0.163 e. The number of pyridine rings is 1. The molecule has 0 atom stereocenters. The van der Waals surface area contributed by atoms with Crippen molar-refractivity contribution in [3.05, 3.63) is 42.6 Å². The molecule has 4 rings (SSSR count). The molecule has 7 heteroatoms. The Labute approximate surface area is 162 Å². The quantitative estimate of drug-likeness (QED) is 0.487. The van der Waals surface area contributed by atoms with Gasteiger partial charge in [0.15, 0.2) is 17.3 Å². The average molecular weight is 378 g/mol. The predicted molar refractivity (Wildman–Crippen MR) is 110 cm³/mol. The molecule has 0 saturated heterocycles. The number of anilines is 2. The van der Waals surface area contributed by atoms with Crippen LogP contribution in [0.3, 0.4) is 0 Å². The summed E-state index contributed by atoms with van der Waals surface area (Å²) in [5.74, 6) is 2.89. The van der Waals surface area contributed by atoms with E-state index in [0.29, 0.717) is 24.8 Å². The number of hydrogen-bond acceptors (Lipinski definition) is 6. The third kappa shape index (κ3) is 3.26. The second-order valence-electron chi connectivity index (χ2n) is 6.15. The van der Waals surface area contributed by atoms with Crippen molar-refractivity contribution in [1.29, 1.82) is 0 Å². The first-order valence-corrected chi connectivity index (χ1v) is 9.21. The molecule has 0 amide bonds. The zero-order valence-electron chi connectivity index (χ0n) is 16.1. The number of rotatable bonds is 7. The Morgan fingerprint density at radius 2 is 1.79 bits per heavy atom. The van der Waals surface area contributed by atoms with E-state index in [2.05, 4.69) is 15.5 Å². The van der Waals surface area contributed by atoms with Crippen molar-refractivity contribution < 1.29 is 14.2 Å². The number of benzene rings is 2. The Morgan fingerprint density at radius 3 is 2.57 bits per heavy atom. The van der Waals surface area contributed by atoms with Crippen molar-refractivity contribution in [2.75, 3.05) is 25.6 Å². The summed E-state index contributed by atoms with van der Waals surface area (Å²) in [6, 6.07) is 11.6. The van der Waals surface area contributed by atoms with Crippen LogP contribution in [-0.2, 0) is 0 Å². The Hall–Kier alpha value is -3.48. The summed E-state index contributed by atoms with van der Waals surface area (Å²) >= 11 is 0. The van der Waals surface area contributed by atoms with Crippen molar-refractivity contribution in [1.82, 2.24) is 15.2 Å². The Bertz CT molecular complexity index is 1120. The fourth-order valence-corrected chi connectivity index (χ4v) is 3.16. The van der Waals surface area contributed by atoms with Gasteiger partial charge in [-0.05, 0) is 44.2 Å². The molecule has 0 spiro atoms. The number of methoxy groups -OCH3 is 1. The van der Waals surface area contributed by atoms with Gasteiger partial charge in [-0.25, -0.2) is 4.98 Å². The van der Waals surface area contributed by atoms with E-state index in [1.54, 1.807) is 13.3 Å². The molecule has 0 saturated carbocycles. The molecule has 144 valence electrons. The van der Waals surface area contributed by atoms with Crippen molar-refractivity contribution in [3.8, 4) is 17.2 Å². The van der Waals surface area contributed by atoms with Gasteiger partial charge in [-0.1, -0.05) is 0 Å². The van der Waals surface area contributed by atoms with E-state index < -0.39 is 0 Å². The van der Waals surface area contributed by atoms with Crippen LogP contribution in [0.2, 0.25) is 0 Å². The minimum atomic E-state index is 0.560. The lowest BCUT2D eigenvalue weighted by Crippen LogP contribution is -2.00. The second kappa shape index (κ2) is 7.64. The van der Waals surface area contributed by atoms with Gasteiger partial charge in [0, 0.05) is 22.5 Å². The van der Waals surface area contributed by atoms with E-state index >= 15 is 0 Å². The Morgan fingerprint density at radius 1 is 0.964 bits per heavy atom. The van der Waals surface area contributed by atoms with Crippen LogP contribution < -0.4 is 19.5 Å². The number of nitrogens with one attached hydrogen (secondary N) is 2. The summed E-state index contributed by atoms with van der Waals surface area (Å²) < 4.78 is 16.7. The van der Waals surface area contributed by atoms with E-state index in [1.807, 2.05) is 50.2 Å². The van der Waals surface area contributed by atoms with Crippen LogP contribution in [0.4, 0.5) is 11.5 Å². The van der Waals surface area contributed by atoms with E-state index in [1.165, 1.54) is 0 Å². The normalized spacial score (nSPS) is 11.0. The minimum absolute atomic E-state index is 0.560. The maximum absolute atomic E-state index is 5.72. The van der Waals surface area contributed by atoms with Crippen molar-refractivity contribution in [3.63, 3.8) is 0 Å². The lowest BCUT2D eigenvalue weighted by atomic mass is 10.1. The molecule has 4 aromatic rings. The molecule has 0 radical (unpaired) electrons. The number of aromatic nitrogens is 3. The summed E-state index contributed by atoms with van der Waals surface area (Å²) in [5.41, 5.74) is 2.53. The van der Waals surface area contributed by atoms with Gasteiger partial charge in [0.25, 0.3) is 0 Å². The van der Waals surface area contributed by atoms with Crippen LogP contribution in [0, 0.1) is 0 Å².